The first-order valence-corrected chi connectivity index (χ1v) is 4.39. The maximum atomic E-state index is 10.6. The summed E-state index contributed by atoms with van der Waals surface area (Å²) in [6.45, 7) is 10.3. The van der Waals surface area contributed by atoms with Crippen LogP contribution < -0.4 is 5.56 Å². The monoisotopic (exact) mass is 205 g/mol. The summed E-state index contributed by atoms with van der Waals surface area (Å²) >= 11 is 0. The van der Waals surface area contributed by atoms with Crippen molar-refractivity contribution in [2.45, 2.75) is 13.8 Å². The van der Waals surface area contributed by atoms with Gasteiger partial charge in [-0.05, 0) is 13.8 Å². The predicted octanol–water partition coefficient (Wildman–Crippen LogP) is 1.77. The summed E-state index contributed by atoms with van der Waals surface area (Å²) in [4.78, 5) is 20.7. The van der Waals surface area contributed by atoms with Crippen molar-refractivity contribution in [1.29, 1.82) is 0 Å². The molecule has 0 unspecified atom stereocenters. The molecule has 0 saturated carbocycles. The molecule has 1 heterocycles. The van der Waals surface area contributed by atoms with Crippen molar-refractivity contribution in [3.63, 3.8) is 0 Å². The summed E-state index contributed by atoms with van der Waals surface area (Å²) in [5.74, 6) is 0.667. The second-order valence-electron chi connectivity index (χ2n) is 2.69. The molecule has 0 aliphatic heterocycles. The van der Waals surface area contributed by atoms with Gasteiger partial charge in [0.25, 0.3) is 5.56 Å². The van der Waals surface area contributed by atoms with Gasteiger partial charge in [-0.3, -0.25) is 9.79 Å². The van der Waals surface area contributed by atoms with Gasteiger partial charge >= 0.3 is 0 Å². The van der Waals surface area contributed by atoms with Gasteiger partial charge in [0.05, 0.1) is 0 Å². The maximum absolute atomic E-state index is 10.6. The molecule has 0 radical (unpaired) electrons. The first kappa shape index (κ1) is 13.0. The molecule has 4 nitrogen and oxygen atoms in total. The normalized spacial score (nSPS) is 9.20. The standard InChI is InChI=1S/C6H8N2O.C5H7N/c1-4-3-6(9)8-5(2)7-4;1-3-5-6-4-2/h3H,1-2H3,(H,7,8,9);3-5H,1-2H2. The highest BCUT2D eigenvalue weighted by Gasteiger charge is 1.88. The Kier molecular flexibility index (Phi) is 6.46. The Hall–Kier alpha value is -1.97. The zero-order valence-electron chi connectivity index (χ0n) is 9.03. The Labute approximate surface area is 89.1 Å². The number of nitrogens with one attached hydrogen (secondary N) is 1. The van der Waals surface area contributed by atoms with Crippen LogP contribution in [-0.2, 0) is 0 Å². The molecule has 0 aromatic carbocycles. The van der Waals surface area contributed by atoms with E-state index in [1.165, 1.54) is 12.3 Å². The summed E-state index contributed by atoms with van der Waals surface area (Å²) in [6.07, 6.45) is 4.64. The first-order chi connectivity index (χ1) is 7.10. The molecule has 0 saturated heterocycles. The lowest BCUT2D eigenvalue weighted by Gasteiger charge is -1.90. The van der Waals surface area contributed by atoms with E-state index in [0.29, 0.717) is 5.82 Å². The molecule has 80 valence electrons. The minimum atomic E-state index is -0.0833. The number of aliphatic imine (C=N–C) groups is 1. The van der Waals surface area contributed by atoms with E-state index in [1.54, 1.807) is 26.1 Å². The van der Waals surface area contributed by atoms with E-state index in [1.807, 2.05) is 0 Å². The van der Waals surface area contributed by atoms with Gasteiger partial charge in [-0.15, -0.1) is 0 Å². The van der Waals surface area contributed by atoms with E-state index < -0.39 is 0 Å². The third kappa shape index (κ3) is 7.13. The smallest absolute Gasteiger partial charge is 0.251 e. The molecule has 1 aromatic heterocycles. The number of rotatable bonds is 2. The lowest BCUT2D eigenvalue weighted by atomic mass is 10.4. The lowest BCUT2D eigenvalue weighted by Crippen LogP contribution is -2.08. The molecule has 0 atom stereocenters. The van der Waals surface area contributed by atoms with Crippen molar-refractivity contribution in [3.05, 3.63) is 53.4 Å². The molecule has 1 N–H and O–H groups in total. The molecule has 1 rings (SSSR count). The van der Waals surface area contributed by atoms with Crippen LogP contribution in [0.15, 0.2) is 41.3 Å². The zero-order valence-corrected chi connectivity index (χ0v) is 9.03. The van der Waals surface area contributed by atoms with Crippen LogP contribution in [0.2, 0.25) is 0 Å². The highest BCUT2D eigenvalue weighted by Crippen LogP contribution is 1.84. The van der Waals surface area contributed by atoms with E-state index in [9.17, 15) is 4.79 Å². The Balaban J connectivity index is 0.000000288. The van der Waals surface area contributed by atoms with Crippen LogP contribution in [0.5, 0.6) is 0 Å². The van der Waals surface area contributed by atoms with Gasteiger partial charge in [0.1, 0.15) is 5.82 Å². The SMILES string of the molecule is C=CC=NC=C.Cc1cc(=O)[nH]c(C)n1. The molecule has 0 spiro atoms. The fourth-order valence-electron chi connectivity index (χ4n) is 0.851. The highest BCUT2D eigenvalue weighted by atomic mass is 16.1. The summed E-state index contributed by atoms with van der Waals surface area (Å²) in [6, 6.07) is 1.47. The highest BCUT2D eigenvalue weighted by molar-refractivity contribution is 5.70. The van der Waals surface area contributed by atoms with E-state index in [0.717, 1.165) is 5.69 Å². The van der Waals surface area contributed by atoms with Crippen molar-refractivity contribution in [3.8, 4) is 0 Å². The number of nitrogens with zero attached hydrogens (tertiary/aromatic N) is 2. The summed E-state index contributed by atoms with van der Waals surface area (Å²) < 4.78 is 0. The van der Waals surface area contributed by atoms with E-state index >= 15 is 0 Å². The second-order valence-corrected chi connectivity index (χ2v) is 2.69. The van der Waals surface area contributed by atoms with Crippen molar-refractivity contribution < 1.29 is 0 Å². The molecule has 0 aliphatic rings. The number of aryl methyl sites for hydroxylation is 2. The average molecular weight is 205 g/mol. The molecule has 0 fully saturated rings. The number of hydrogen-bond acceptors (Lipinski definition) is 3. The van der Waals surface area contributed by atoms with Crippen LogP contribution in [0.4, 0.5) is 0 Å². The largest absolute Gasteiger partial charge is 0.311 e. The Morgan fingerprint density at radius 3 is 2.47 bits per heavy atom. The van der Waals surface area contributed by atoms with Crippen LogP contribution in [0.1, 0.15) is 11.5 Å². The van der Waals surface area contributed by atoms with Gasteiger partial charge in [-0.1, -0.05) is 19.2 Å². The molecule has 4 heteroatoms. The number of aromatic nitrogens is 2. The van der Waals surface area contributed by atoms with Crippen LogP contribution >= 0.6 is 0 Å². The number of H-pyrrole nitrogens is 1. The molecule has 15 heavy (non-hydrogen) atoms. The predicted molar refractivity (Wildman–Crippen MR) is 63.2 cm³/mol. The van der Waals surface area contributed by atoms with Gasteiger partial charge in [0, 0.05) is 24.2 Å². The van der Waals surface area contributed by atoms with Gasteiger partial charge in [-0.25, -0.2) is 4.98 Å². The van der Waals surface area contributed by atoms with Crippen molar-refractivity contribution in [2.75, 3.05) is 0 Å². The molecular formula is C11H15N3O. The quantitative estimate of drug-likeness (QED) is 0.748. The van der Waals surface area contributed by atoms with Crippen LogP contribution in [0, 0.1) is 13.8 Å². The topological polar surface area (TPSA) is 58.1 Å². The number of allylic oxidation sites excluding steroid dienone is 1. The minimum Gasteiger partial charge on any atom is -0.311 e. The molecule has 0 bridgehead atoms. The van der Waals surface area contributed by atoms with Gasteiger partial charge < -0.3 is 4.98 Å². The van der Waals surface area contributed by atoms with E-state index in [2.05, 4.69) is 28.1 Å². The van der Waals surface area contributed by atoms with Crippen LogP contribution in [0.3, 0.4) is 0 Å². The minimum absolute atomic E-state index is 0.0833. The Morgan fingerprint density at radius 1 is 1.47 bits per heavy atom. The van der Waals surface area contributed by atoms with Crippen molar-refractivity contribution in [2.24, 2.45) is 4.99 Å². The molecular weight excluding hydrogens is 190 g/mol. The van der Waals surface area contributed by atoms with Gasteiger partial charge in [0.15, 0.2) is 0 Å². The van der Waals surface area contributed by atoms with Crippen LogP contribution in [-0.4, -0.2) is 16.2 Å². The third-order valence-electron chi connectivity index (χ3n) is 1.29. The Morgan fingerprint density at radius 2 is 2.13 bits per heavy atom. The Bertz CT molecular complexity index is 371. The van der Waals surface area contributed by atoms with E-state index in [-0.39, 0.29) is 5.56 Å². The lowest BCUT2D eigenvalue weighted by molar-refractivity contribution is 0.982. The first-order valence-electron chi connectivity index (χ1n) is 4.39. The average Bonchev–Trinajstić information content (AvgIpc) is 2.13. The fraction of sp³-hybridized carbons (Fsp3) is 0.182. The third-order valence-corrected chi connectivity index (χ3v) is 1.29. The number of aromatic amines is 1. The maximum Gasteiger partial charge on any atom is 0.251 e. The van der Waals surface area contributed by atoms with Gasteiger partial charge in [0.2, 0.25) is 0 Å². The second kappa shape index (κ2) is 7.44. The molecule has 0 amide bonds. The van der Waals surface area contributed by atoms with Crippen molar-refractivity contribution in [1.82, 2.24) is 9.97 Å². The molecule has 0 aliphatic carbocycles. The summed E-state index contributed by atoms with van der Waals surface area (Å²) in [7, 11) is 0. The zero-order chi connectivity index (χ0) is 11.7. The van der Waals surface area contributed by atoms with E-state index in [4.69, 9.17) is 0 Å². The molecule has 1 aromatic rings. The van der Waals surface area contributed by atoms with Crippen molar-refractivity contribution >= 4 is 6.21 Å². The summed E-state index contributed by atoms with van der Waals surface area (Å²) in [5, 5.41) is 0. The summed E-state index contributed by atoms with van der Waals surface area (Å²) in [5.41, 5.74) is 0.677. The van der Waals surface area contributed by atoms with Crippen LogP contribution in [0.25, 0.3) is 0 Å². The van der Waals surface area contributed by atoms with Gasteiger partial charge in [-0.2, -0.15) is 0 Å². The number of hydrogen-bond donors (Lipinski definition) is 1. The fourth-order valence-corrected chi connectivity index (χ4v) is 0.851.